The zero-order valence-corrected chi connectivity index (χ0v) is 20.9. The lowest BCUT2D eigenvalue weighted by Crippen LogP contribution is -2.32. The molecule has 2 heterocycles. The average molecular weight is 549 g/mol. The van der Waals surface area contributed by atoms with Crippen LogP contribution in [0.2, 0.25) is 0 Å². The van der Waals surface area contributed by atoms with Gasteiger partial charge in [0.05, 0.1) is 18.7 Å². The highest BCUT2D eigenvalue weighted by Crippen LogP contribution is 2.40. The van der Waals surface area contributed by atoms with E-state index in [2.05, 4.69) is 20.9 Å². The molecule has 1 fully saturated rings. The zero-order chi connectivity index (χ0) is 25.4. The van der Waals surface area contributed by atoms with Gasteiger partial charge in [0.25, 0.3) is 11.7 Å². The van der Waals surface area contributed by atoms with Gasteiger partial charge in [-0.05, 0) is 48.4 Å². The number of ether oxygens (including phenoxy) is 1. The van der Waals surface area contributed by atoms with Gasteiger partial charge in [0, 0.05) is 39.2 Å². The third-order valence-electron chi connectivity index (χ3n) is 6.45. The van der Waals surface area contributed by atoms with E-state index in [0.717, 1.165) is 20.9 Å². The topological polar surface area (TPSA) is 82.6 Å². The first kappa shape index (κ1) is 23.8. The number of likely N-dealkylation sites (tertiary alicyclic amines) is 1. The van der Waals surface area contributed by atoms with Crippen molar-refractivity contribution in [2.24, 2.45) is 0 Å². The van der Waals surface area contributed by atoms with Crippen molar-refractivity contribution in [3.63, 3.8) is 0 Å². The first-order valence-electron chi connectivity index (χ1n) is 11.3. The molecule has 0 bridgehead atoms. The Bertz CT molecular complexity index is 1510. The number of H-pyrrole nitrogens is 1. The number of rotatable bonds is 6. The molecule has 1 amide bonds. The Morgan fingerprint density at radius 1 is 1.11 bits per heavy atom. The van der Waals surface area contributed by atoms with Crippen molar-refractivity contribution >= 4 is 44.3 Å². The molecule has 182 valence electrons. The second-order valence-corrected chi connectivity index (χ2v) is 9.41. The van der Waals surface area contributed by atoms with E-state index in [-0.39, 0.29) is 23.4 Å². The number of aromatic nitrogens is 1. The van der Waals surface area contributed by atoms with E-state index in [4.69, 9.17) is 4.74 Å². The standard InChI is InChI=1S/C28H22BrFN2O4/c1-36-19-10-11-23-21(14-19)17(15-31-23)12-13-32-25(20-4-2-3-5-22(20)30)24(27(34)28(32)35)26(33)16-6-8-18(29)9-7-16/h2-11,14-15,25,31,33H,12-13H2,1H3/b26-24-. The third kappa shape index (κ3) is 4.18. The number of amides is 1. The number of halogens is 2. The van der Waals surface area contributed by atoms with Crippen LogP contribution in [0.3, 0.4) is 0 Å². The van der Waals surface area contributed by atoms with E-state index in [1.54, 1.807) is 43.5 Å². The van der Waals surface area contributed by atoms with Crippen LogP contribution in [-0.2, 0) is 16.0 Å². The first-order valence-corrected chi connectivity index (χ1v) is 12.1. The highest BCUT2D eigenvalue weighted by atomic mass is 79.9. The largest absolute Gasteiger partial charge is 0.507 e. The number of fused-ring (bicyclic) bond motifs is 1. The molecule has 3 aromatic carbocycles. The Labute approximate surface area is 215 Å². The highest BCUT2D eigenvalue weighted by molar-refractivity contribution is 9.10. The van der Waals surface area contributed by atoms with Gasteiger partial charge in [0.15, 0.2) is 0 Å². The number of aliphatic hydroxyl groups is 1. The third-order valence-corrected chi connectivity index (χ3v) is 6.98. The zero-order valence-electron chi connectivity index (χ0n) is 19.3. The lowest BCUT2D eigenvalue weighted by molar-refractivity contribution is -0.139. The fourth-order valence-electron chi connectivity index (χ4n) is 4.63. The van der Waals surface area contributed by atoms with Gasteiger partial charge in [-0.25, -0.2) is 4.39 Å². The van der Waals surface area contributed by atoms with Crippen molar-refractivity contribution in [3.8, 4) is 5.75 Å². The molecule has 4 aromatic rings. The monoisotopic (exact) mass is 548 g/mol. The van der Waals surface area contributed by atoms with Crippen LogP contribution in [0.25, 0.3) is 16.7 Å². The van der Waals surface area contributed by atoms with Gasteiger partial charge in [-0.3, -0.25) is 9.59 Å². The number of nitrogens with one attached hydrogen (secondary N) is 1. The maximum atomic E-state index is 15.0. The molecule has 5 rings (SSSR count). The Morgan fingerprint density at radius 2 is 1.86 bits per heavy atom. The summed E-state index contributed by atoms with van der Waals surface area (Å²) in [5.41, 5.74) is 2.21. The van der Waals surface area contributed by atoms with Crippen molar-refractivity contribution in [2.75, 3.05) is 13.7 Å². The summed E-state index contributed by atoms with van der Waals surface area (Å²) in [6, 6.07) is 17.3. The maximum absolute atomic E-state index is 15.0. The number of carbonyl (C=O) groups excluding carboxylic acids is 2. The summed E-state index contributed by atoms with van der Waals surface area (Å²) in [4.78, 5) is 30.9. The van der Waals surface area contributed by atoms with E-state index >= 15 is 0 Å². The number of ketones is 1. The molecule has 2 N–H and O–H groups in total. The summed E-state index contributed by atoms with van der Waals surface area (Å²) < 4.78 is 21.1. The molecule has 1 aliphatic rings. The van der Waals surface area contributed by atoms with Gasteiger partial charge >= 0.3 is 0 Å². The molecular weight excluding hydrogens is 527 g/mol. The van der Waals surface area contributed by atoms with Crippen LogP contribution < -0.4 is 4.74 Å². The van der Waals surface area contributed by atoms with Gasteiger partial charge in [-0.15, -0.1) is 0 Å². The molecule has 0 saturated carbocycles. The van der Waals surface area contributed by atoms with E-state index in [9.17, 15) is 19.1 Å². The summed E-state index contributed by atoms with van der Waals surface area (Å²) in [5.74, 6) is -1.82. The second kappa shape index (κ2) is 9.62. The minimum atomic E-state index is -1.06. The summed E-state index contributed by atoms with van der Waals surface area (Å²) in [6.45, 7) is 0.144. The Kier molecular flexibility index (Phi) is 6.36. The molecule has 1 atom stereocenters. The Hall–Kier alpha value is -3.91. The molecule has 0 radical (unpaired) electrons. The second-order valence-electron chi connectivity index (χ2n) is 8.50. The van der Waals surface area contributed by atoms with Crippen LogP contribution in [-0.4, -0.2) is 40.3 Å². The number of aliphatic hydroxyl groups excluding tert-OH is 1. The minimum Gasteiger partial charge on any atom is -0.507 e. The fraction of sp³-hybridized carbons (Fsp3) is 0.143. The molecular formula is C28H22BrFN2O4. The quantitative estimate of drug-likeness (QED) is 0.183. The molecule has 36 heavy (non-hydrogen) atoms. The summed E-state index contributed by atoms with van der Waals surface area (Å²) in [7, 11) is 1.59. The van der Waals surface area contributed by atoms with Crippen LogP contribution in [0.15, 0.2) is 83.0 Å². The number of aromatic amines is 1. The summed E-state index contributed by atoms with van der Waals surface area (Å²) in [6.07, 6.45) is 2.25. The molecule has 1 unspecified atom stereocenters. The van der Waals surface area contributed by atoms with Crippen molar-refractivity contribution in [1.82, 2.24) is 9.88 Å². The average Bonchev–Trinajstić information content (AvgIpc) is 3.40. The molecule has 0 spiro atoms. The SMILES string of the molecule is COc1ccc2[nH]cc(CCN3C(=O)C(=O)/C(=C(\O)c4ccc(Br)cc4)C3c3ccccc3F)c2c1. The van der Waals surface area contributed by atoms with E-state index in [0.29, 0.717) is 17.7 Å². The number of hydrogen-bond donors (Lipinski definition) is 2. The number of hydrogen-bond acceptors (Lipinski definition) is 4. The molecule has 6 nitrogen and oxygen atoms in total. The van der Waals surface area contributed by atoms with Crippen LogP contribution in [0, 0.1) is 5.82 Å². The lowest BCUT2D eigenvalue weighted by Gasteiger charge is -2.25. The number of carbonyl (C=O) groups is 2. The van der Waals surface area contributed by atoms with Crippen LogP contribution in [0.1, 0.15) is 22.7 Å². The number of nitrogens with zero attached hydrogens (tertiary/aromatic N) is 1. The van der Waals surface area contributed by atoms with Gasteiger partial charge in [0.1, 0.15) is 17.3 Å². The summed E-state index contributed by atoms with van der Waals surface area (Å²) >= 11 is 3.35. The Morgan fingerprint density at radius 3 is 2.58 bits per heavy atom. The first-order chi connectivity index (χ1) is 17.4. The number of methoxy groups -OCH3 is 1. The van der Waals surface area contributed by atoms with Crippen molar-refractivity contribution in [2.45, 2.75) is 12.5 Å². The van der Waals surface area contributed by atoms with Crippen LogP contribution in [0.5, 0.6) is 5.75 Å². The lowest BCUT2D eigenvalue weighted by atomic mass is 9.95. The minimum absolute atomic E-state index is 0.131. The molecule has 1 saturated heterocycles. The number of Topliss-reactive ketones (excluding diaryl/α,β-unsaturated/α-hetero) is 1. The summed E-state index contributed by atoms with van der Waals surface area (Å²) in [5, 5.41) is 12.0. The van der Waals surface area contributed by atoms with Gasteiger partial charge in [0.2, 0.25) is 0 Å². The smallest absolute Gasteiger partial charge is 0.295 e. The fourth-order valence-corrected chi connectivity index (χ4v) is 4.89. The normalized spacial score (nSPS) is 17.2. The van der Waals surface area contributed by atoms with Crippen LogP contribution >= 0.6 is 15.9 Å². The molecule has 1 aromatic heterocycles. The predicted molar refractivity (Wildman–Crippen MR) is 138 cm³/mol. The molecule has 0 aliphatic carbocycles. The van der Waals surface area contributed by atoms with E-state index < -0.39 is 23.5 Å². The maximum Gasteiger partial charge on any atom is 0.295 e. The van der Waals surface area contributed by atoms with Crippen molar-refractivity contribution < 1.29 is 23.8 Å². The Balaban J connectivity index is 1.56. The highest BCUT2D eigenvalue weighted by Gasteiger charge is 2.46. The van der Waals surface area contributed by atoms with Crippen molar-refractivity contribution in [3.05, 3.63) is 105 Å². The van der Waals surface area contributed by atoms with Gasteiger partial charge in [-0.2, -0.15) is 0 Å². The van der Waals surface area contributed by atoms with Crippen LogP contribution in [0.4, 0.5) is 4.39 Å². The van der Waals surface area contributed by atoms with Gasteiger partial charge < -0.3 is 19.7 Å². The van der Waals surface area contributed by atoms with E-state index in [1.165, 1.54) is 17.0 Å². The number of benzene rings is 3. The predicted octanol–water partition coefficient (Wildman–Crippen LogP) is 5.74. The molecule has 1 aliphatic heterocycles. The van der Waals surface area contributed by atoms with Crippen molar-refractivity contribution in [1.29, 1.82) is 0 Å². The molecule has 8 heteroatoms. The van der Waals surface area contributed by atoms with Gasteiger partial charge in [-0.1, -0.05) is 46.3 Å². The van der Waals surface area contributed by atoms with E-state index in [1.807, 2.05) is 24.4 Å².